The van der Waals surface area contributed by atoms with E-state index in [1.54, 1.807) is 0 Å². The van der Waals surface area contributed by atoms with Crippen LogP contribution in [0.1, 0.15) is 45.7 Å². The maximum absolute atomic E-state index is 13.8. The Morgan fingerprint density at radius 3 is 2.11 bits per heavy atom. The van der Waals surface area contributed by atoms with E-state index in [1.165, 1.54) is 18.2 Å². The predicted molar refractivity (Wildman–Crippen MR) is 71.4 cm³/mol. The molecule has 1 aromatic rings. The number of halogens is 2. The van der Waals surface area contributed by atoms with Crippen LogP contribution in [0.3, 0.4) is 0 Å². The van der Waals surface area contributed by atoms with Crippen LogP contribution in [0.15, 0.2) is 18.2 Å². The molecule has 0 aliphatic carbocycles. The summed E-state index contributed by atoms with van der Waals surface area (Å²) in [7, 11) is 0. The first-order chi connectivity index (χ1) is 8.47. The monoisotopic (exact) mass is 255 g/mol. The van der Waals surface area contributed by atoms with Crippen LogP contribution in [0.2, 0.25) is 0 Å². The summed E-state index contributed by atoms with van der Waals surface area (Å²) in [4.78, 5) is 0. The van der Waals surface area contributed by atoms with Crippen LogP contribution in [0.25, 0.3) is 0 Å². The van der Waals surface area contributed by atoms with Crippen molar-refractivity contribution in [1.82, 2.24) is 5.32 Å². The maximum atomic E-state index is 13.8. The van der Waals surface area contributed by atoms with Gasteiger partial charge in [-0.2, -0.15) is 0 Å². The van der Waals surface area contributed by atoms with Gasteiger partial charge in [0.25, 0.3) is 0 Å². The summed E-state index contributed by atoms with van der Waals surface area (Å²) < 4.78 is 27.7. The van der Waals surface area contributed by atoms with E-state index in [1.807, 2.05) is 13.8 Å². The molecule has 0 radical (unpaired) electrons. The molecule has 2 atom stereocenters. The molecule has 0 fully saturated rings. The molecule has 1 N–H and O–H groups in total. The van der Waals surface area contributed by atoms with Gasteiger partial charge >= 0.3 is 0 Å². The second-order valence-corrected chi connectivity index (χ2v) is 5.28. The highest BCUT2D eigenvalue weighted by Crippen LogP contribution is 2.30. The molecule has 0 aliphatic heterocycles. The minimum absolute atomic E-state index is 0.174. The molecular weight excluding hydrogens is 232 g/mol. The molecule has 2 unspecified atom stereocenters. The van der Waals surface area contributed by atoms with E-state index in [0.717, 1.165) is 6.42 Å². The lowest BCUT2D eigenvalue weighted by Gasteiger charge is -2.27. The summed E-state index contributed by atoms with van der Waals surface area (Å²) in [6, 6.07) is 3.79. The molecule has 0 aromatic heterocycles. The second-order valence-electron chi connectivity index (χ2n) is 5.28. The molecule has 0 aliphatic rings. The van der Waals surface area contributed by atoms with Crippen molar-refractivity contribution in [1.29, 1.82) is 0 Å². The molecule has 0 saturated heterocycles. The van der Waals surface area contributed by atoms with E-state index in [0.29, 0.717) is 12.5 Å². The van der Waals surface area contributed by atoms with Crippen LogP contribution >= 0.6 is 0 Å². The van der Waals surface area contributed by atoms with Gasteiger partial charge in [-0.05, 0) is 36.9 Å². The van der Waals surface area contributed by atoms with Crippen LogP contribution < -0.4 is 5.32 Å². The fourth-order valence-corrected chi connectivity index (χ4v) is 2.50. The van der Waals surface area contributed by atoms with Crippen molar-refractivity contribution < 1.29 is 8.78 Å². The zero-order valence-electron chi connectivity index (χ0n) is 11.6. The minimum atomic E-state index is -0.462. The Morgan fingerprint density at radius 2 is 1.67 bits per heavy atom. The van der Waals surface area contributed by atoms with Crippen molar-refractivity contribution in [2.45, 2.75) is 40.2 Å². The van der Waals surface area contributed by atoms with Gasteiger partial charge in [-0.1, -0.05) is 33.8 Å². The smallest absolute Gasteiger partial charge is 0.130 e. The van der Waals surface area contributed by atoms with Crippen LogP contribution in [0.4, 0.5) is 8.78 Å². The van der Waals surface area contributed by atoms with Gasteiger partial charge in [0.2, 0.25) is 0 Å². The molecule has 3 heteroatoms. The van der Waals surface area contributed by atoms with Gasteiger partial charge in [-0.3, -0.25) is 0 Å². The summed E-state index contributed by atoms with van der Waals surface area (Å²) in [5.41, 5.74) is 0.174. The molecule has 0 spiro atoms. The molecule has 0 heterocycles. The van der Waals surface area contributed by atoms with Crippen LogP contribution in [0.5, 0.6) is 0 Å². The largest absolute Gasteiger partial charge is 0.310 e. The van der Waals surface area contributed by atoms with Crippen LogP contribution in [-0.2, 0) is 0 Å². The van der Waals surface area contributed by atoms with Crippen molar-refractivity contribution in [2.75, 3.05) is 6.54 Å². The first-order valence-corrected chi connectivity index (χ1v) is 6.64. The van der Waals surface area contributed by atoms with Crippen LogP contribution in [0, 0.1) is 23.5 Å². The summed E-state index contributed by atoms with van der Waals surface area (Å²) in [6.07, 6.45) is 0.936. The third kappa shape index (κ3) is 3.77. The van der Waals surface area contributed by atoms with E-state index in [4.69, 9.17) is 0 Å². The Balaban J connectivity index is 3.03. The molecule has 0 saturated carbocycles. The molecule has 1 aromatic carbocycles. The fraction of sp³-hybridized carbons (Fsp3) is 0.600. The van der Waals surface area contributed by atoms with E-state index in [-0.39, 0.29) is 17.5 Å². The number of hydrogen-bond acceptors (Lipinski definition) is 1. The topological polar surface area (TPSA) is 12.0 Å². The van der Waals surface area contributed by atoms with Gasteiger partial charge in [0.05, 0.1) is 0 Å². The van der Waals surface area contributed by atoms with Gasteiger partial charge in [-0.15, -0.1) is 0 Å². The summed E-state index contributed by atoms with van der Waals surface area (Å²) >= 11 is 0. The van der Waals surface area contributed by atoms with Gasteiger partial charge < -0.3 is 5.32 Å². The molecule has 0 amide bonds. The quantitative estimate of drug-likeness (QED) is 0.799. The Bertz CT molecular complexity index is 357. The summed E-state index contributed by atoms with van der Waals surface area (Å²) in [6.45, 7) is 8.93. The van der Waals surface area contributed by atoms with Crippen molar-refractivity contribution in [3.63, 3.8) is 0 Å². The lowest BCUT2D eigenvalue weighted by molar-refractivity contribution is 0.317. The summed E-state index contributed by atoms with van der Waals surface area (Å²) in [5.74, 6) is -0.222. The Labute approximate surface area is 109 Å². The highest BCUT2D eigenvalue weighted by molar-refractivity contribution is 5.24. The van der Waals surface area contributed by atoms with E-state index in [9.17, 15) is 8.78 Å². The normalized spacial score (nSPS) is 14.8. The van der Waals surface area contributed by atoms with Gasteiger partial charge in [0.15, 0.2) is 0 Å². The van der Waals surface area contributed by atoms with Crippen molar-refractivity contribution in [2.24, 2.45) is 11.8 Å². The van der Waals surface area contributed by atoms with Crippen molar-refractivity contribution in [3.8, 4) is 0 Å². The van der Waals surface area contributed by atoms with Gasteiger partial charge in [0.1, 0.15) is 11.6 Å². The first kappa shape index (κ1) is 15.1. The van der Waals surface area contributed by atoms with E-state index in [2.05, 4.69) is 19.2 Å². The zero-order chi connectivity index (χ0) is 13.7. The Kier molecular flexibility index (Phi) is 5.73. The Hall–Kier alpha value is -0.960. The average molecular weight is 255 g/mol. The van der Waals surface area contributed by atoms with Gasteiger partial charge in [-0.25, -0.2) is 8.78 Å². The second kappa shape index (κ2) is 6.83. The zero-order valence-corrected chi connectivity index (χ0v) is 11.6. The lowest BCUT2D eigenvalue weighted by Crippen LogP contribution is -2.29. The highest BCUT2D eigenvalue weighted by atomic mass is 19.1. The summed E-state index contributed by atoms with van der Waals surface area (Å²) in [5, 5.41) is 3.21. The van der Waals surface area contributed by atoms with Crippen molar-refractivity contribution >= 4 is 0 Å². The number of rotatable bonds is 6. The lowest BCUT2D eigenvalue weighted by atomic mass is 9.87. The Morgan fingerprint density at radius 1 is 1.11 bits per heavy atom. The van der Waals surface area contributed by atoms with Gasteiger partial charge in [0, 0.05) is 11.6 Å². The van der Waals surface area contributed by atoms with E-state index < -0.39 is 11.6 Å². The molecule has 18 heavy (non-hydrogen) atoms. The molecule has 1 nitrogen and oxygen atoms in total. The standard InChI is InChI=1S/C15H23F2N/c1-5-18-15(11(4)9-10(2)3)14-12(16)7-6-8-13(14)17/h6-8,10-11,15,18H,5,9H2,1-4H3. The number of benzene rings is 1. The fourth-order valence-electron chi connectivity index (χ4n) is 2.50. The SMILES string of the molecule is CCNC(c1c(F)cccc1F)C(C)CC(C)C. The number of nitrogens with one attached hydrogen (secondary N) is 1. The predicted octanol–water partition coefficient (Wildman–Crippen LogP) is 4.30. The third-order valence-electron chi connectivity index (χ3n) is 3.15. The highest BCUT2D eigenvalue weighted by Gasteiger charge is 2.25. The molecule has 0 bridgehead atoms. The first-order valence-electron chi connectivity index (χ1n) is 6.64. The molecule has 1 rings (SSSR count). The van der Waals surface area contributed by atoms with Crippen LogP contribution in [-0.4, -0.2) is 6.54 Å². The molecular formula is C15H23F2N. The minimum Gasteiger partial charge on any atom is -0.310 e. The molecule has 102 valence electrons. The van der Waals surface area contributed by atoms with Crippen molar-refractivity contribution in [3.05, 3.63) is 35.4 Å². The average Bonchev–Trinajstić information content (AvgIpc) is 2.26. The van der Waals surface area contributed by atoms with E-state index >= 15 is 0 Å². The number of hydrogen-bond donors (Lipinski definition) is 1. The third-order valence-corrected chi connectivity index (χ3v) is 3.15. The maximum Gasteiger partial charge on any atom is 0.130 e.